The van der Waals surface area contributed by atoms with Crippen LogP contribution in [-0.4, -0.2) is 43.4 Å². The van der Waals surface area contributed by atoms with E-state index in [9.17, 15) is 0 Å². The van der Waals surface area contributed by atoms with Crippen molar-refractivity contribution in [3.63, 3.8) is 0 Å². The second kappa shape index (κ2) is 4.98. The van der Waals surface area contributed by atoms with Crippen molar-refractivity contribution >= 4 is 5.82 Å². The number of nitrogens with zero attached hydrogens (tertiary/aromatic N) is 2. The van der Waals surface area contributed by atoms with E-state index in [0.29, 0.717) is 24.1 Å². The fourth-order valence-electron chi connectivity index (χ4n) is 1.57. The maximum absolute atomic E-state index is 5.70. The lowest BCUT2D eigenvalue weighted by molar-refractivity contribution is 0.135. The smallest absolute Gasteiger partial charge is 0.262 e. The molecule has 6 nitrogen and oxygen atoms in total. The van der Waals surface area contributed by atoms with Gasteiger partial charge in [0.15, 0.2) is 5.82 Å². The molecule has 0 spiro atoms. The van der Waals surface area contributed by atoms with Crippen molar-refractivity contribution in [3.8, 4) is 11.6 Å². The Labute approximate surface area is 93.9 Å². The molecule has 0 saturated carbocycles. The van der Waals surface area contributed by atoms with Gasteiger partial charge in [0.05, 0.1) is 20.3 Å². The second-order valence-electron chi connectivity index (χ2n) is 3.41. The fraction of sp³-hybridized carbons (Fsp3) is 0.600. The summed E-state index contributed by atoms with van der Waals surface area (Å²) in [6.07, 6.45) is 2.37. The van der Waals surface area contributed by atoms with Crippen molar-refractivity contribution in [1.82, 2.24) is 9.97 Å². The summed E-state index contributed by atoms with van der Waals surface area (Å²) in [6.45, 7) is 1.33. The molecule has 0 bridgehead atoms. The van der Waals surface area contributed by atoms with Crippen molar-refractivity contribution in [2.24, 2.45) is 0 Å². The highest BCUT2D eigenvalue weighted by atomic mass is 16.6. The van der Waals surface area contributed by atoms with E-state index < -0.39 is 0 Å². The van der Waals surface area contributed by atoms with Crippen LogP contribution in [0.5, 0.6) is 11.6 Å². The Balaban J connectivity index is 2.18. The highest BCUT2D eigenvalue weighted by Gasteiger charge is 2.21. The van der Waals surface area contributed by atoms with Crippen molar-refractivity contribution < 1.29 is 14.2 Å². The molecular formula is C10H15N3O3. The molecule has 0 amide bonds. The Bertz CT molecular complexity index is 353. The molecule has 1 N–H and O–H groups in total. The van der Waals surface area contributed by atoms with Gasteiger partial charge in [0.25, 0.3) is 5.88 Å². The number of ether oxygens (including phenoxy) is 3. The van der Waals surface area contributed by atoms with Crippen LogP contribution in [0.25, 0.3) is 0 Å². The molecule has 1 aliphatic heterocycles. The minimum absolute atomic E-state index is 0.0495. The maximum atomic E-state index is 5.70. The van der Waals surface area contributed by atoms with Gasteiger partial charge in [0.1, 0.15) is 12.4 Å². The summed E-state index contributed by atoms with van der Waals surface area (Å²) in [5.41, 5.74) is 0. The van der Waals surface area contributed by atoms with Crippen LogP contribution in [0.1, 0.15) is 6.42 Å². The number of rotatable bonds is 4. The van der Waals surface area contributed by atoms with Crippen LogP contribution in [0.3, 0.4) is 0 Å². The summed E-state index contributed by atoms with van der Waals surface area (Å²) >= 11 is 0. The van der Waals surface area contributed by atoms with E-state index in [0.717, 1.165) is 13.0 Å². The van der Waals surface area contributed by atoms with E-state index in [2.05, 4.69) is 15.3 Å². The standard InChI is InChI=1S/C10H15N3O3/c1-11-9-8(14-2)10(13-6-12-9)16-7-3-4-15-5-7/h6-7H,3-5H2,1-2H3,(H,11,12,13). The van der Waals surface area contributed by atoms with Gasteiger partial charge in [-0.2, -0.15) is 4.98 Å². The fourth-order valence-corrected chi connectivity index (χ4v) is 1.57. The molecule has 16 heavy (non-hydrogen) atoms. The summed E-state index contributed by atoms with van der Waals surface area (Å²) in [6, 6.07) is 0. The van der Waals surface area contributed by atoms with Gasteiger partial charge < -0.3 is 19.5 Å². The van der Waals surface area contributed by atoms with E-state index >= 15 is 0 Å². The predicted molar refractivity (Wildman–Crippen MR) is 58.0 cm³/mol. The molecule has 1 aliphatic rings. The molecule has 1 atom stereocenters. The zero-order chi connectivity index (χ0) is 11.4. The SMILES string of the molecule is CNc1ncnc(OC2CCOC2)c1OC. The van der Waals surface area contributed by atoms with Crippen molar-refractivity contribution in [2.75, 3.05) is 32.7 Å². The van der Waals surface area contributed by atoms with Gasteiger partial charge in [-0.15, -0.1) is 0 Å². The van der Waals surface area contributed by atoms with E-state index in [1.165, 1.54) is 6.33 Å². The summed E-state index contributed by atoms with van der Waals surface area (Å²) in [4.78, 5) is 8.11. The first-order valence-corrected chi connectivity index (χ1v) is 5.16. The van der Waals surface area contributed by atoms with Crippen LogP contribution >= 0.6 is 0 Å². The molecule has 2 rings (SSSR count). The number of aromatic nitrogens is 2. The third-order valence-electron chi connectivity index (χ3n) is 2.38. The van der Waals surface area contributed by atoms with Crippen molar-refractivity contribution in [1.29, 1.82) is 0 Å². The lowest BCUT2D eigenvalue weighted by Crippen LogP contribution is -2.17. The van der Waals surface area contributed by atoms with Gasteiger partial charge in [0.2, 0.25) is 5.75 Å². The molecule has 0 aliphatic carbocycles. The summed E-state index contributed by atoms with van der Waals surface area (Å²) < 4.78 is 16.2. The molecule has 0 radical (unpaired) electrons. The molecule has 1 fully saturated rings. The molecule has 88 valence electrons. The third-order valence-corrected chi connectivity index (χ3v) is 2.38. The van der Waals surface area contributed by atoms with Gasteiger partial charge in [-0.1, -0.05) is 0 Å². The zero-order valence-electron chi connectivity index (χ0n) is 9.40. The predicted octanol–water partition coefficient (Wildman–Crippen LogP) is 0.695. The van der Waals surface area contributed by atoms with Gasteiger partial charge >= 0.3 is 0 Å². The minimum Gasteiger partial charge on any atom is -0.489 e. The third kappa shape index (κ3) is 2.16. The van der Waals surface area contributed by atoms with E-state index in [-0.39, 0.29) is 6.10 Å². The monoisotopic (exact) mass is 225 g/mol. The summed E-state index contributed by atoms with van der Waals surface area (Å²) in [5, 5.41) is 2.92. The Morgan fingerprint density at radius 3 is 3.00 bits per heavy atom. The number of methoxy groups -OCH3 is 1. The van der Waals surface area contributed by atoms with Crippen LogP contribution in [0.4, 0.5) is 5.82 Å². The first-order chi connectivity index (χ1) is 7.85. The largest absolute Gasteiger partial charge is 0.489 e. The molecule has 0 aromatic carbocycles. The van der Waals surface area contributed by atoms with E-state index in [4.69, 9.17) is 14.2 Å². The van der Waals surface area contributed by atoms with Crippen LogP contribution in [0.15, 0.2) is 6.33 Å². The number of hydrogen-bond donors (Lipinski definition) is 1. The molecule has 1 aromatic heterocycles. The molecular weight excluding hydrogens is 210 g/mol. The molecule has 2 heterocycles. The topological polar surface area (TPSA) is 65.5 Å². The van der Waals surface area contributed by atoms with Crippen LogP contribution in [-0.2, 0) is 4.74 Å². The molecule has 1 aromatic rings. The summed E-state index contributed by atoms with van der Waals surface area (Å²) in [7, 11) is 3.34. The Morgan fingerprint density at radius 1 is 1.50 bits per heavy atom. The highest BCUT2D eigenvalue weighted by molar-refractivity contribution is 5.54. The van der Waals surface area contributed by atoms with Crippen molar-refractivity contribution in [3.05, 3.63) is 6.33 Å². The minimum atomic E-state index is 0.0495. The second-order valence-corrected chi connectivity index (χ2v) is 3.41. The number of anilines is 1. The Morgan fingerprint density at radius 2 is 2.38 bits per heavy atom. The van der Waals surface area contributed by atoms with Gasteiger partial charge in [0, 0.05) is 13.5 Å². The maximum Gasteiger partial charge on any atom is 0.262 e. The van der Waals surface area contributed by atoms with Gasteiger partial charge in [-0.05, 0) is 0 Å². The van der Waals surface area contributed by atoms with E-state index in [1.54, 1.807) is 14.2 Å². The first kappa shape index (κ1) is 10.9. The molecule has 1 saturated heterocycles. The van der Waals surface area contributed by atoms with E-state index in [1.807, 2.05) is 0 Å². The van der Waals surface area contributed by atoms with Crippen LogP contribution in [0.2, 0.25) is 0 Å². The number of nitrogens with one attached hydrogen (secondary N) is 1. The first-order valence-electron chi connectivity index (χ1n) is 5.16. The normalized spacial score (nSPS) is 19.5. The summed E-state index contributed by atoms with van der Waals surface area (Å²) in [5.74, 6) is 1.60. The lowest BCUT2D eigenvalue weighted by Gasteiger charge is -2.14. The molecule has 6 heteroatoms. The lowest BCUT2D eigenvalue weighted by atomic mass is 10.3. The van der Waals surface area contributed by atoms with Crippen molar-refractivity contribution in [2.45, 2.75) is 12.5 Å². The zero-order valence-corrected chi connectivity index (χ0v) is 9.40. The van der Waals surface area contributed by atoms with Gasteiger partial charge in [-0.3, -0.25) is 0 Å². The number of hydrogen-bond acceptors (Lipinski definition) is 6. The average molecular weight is 225 g/mol. The average Bonchev–Trinajstić information content (AvgIpc) is 2.81. The Kier molecular flexibility index (Phi) is 3.40. The van der Waals surface area contributed by atoms with Crippen LogP contribution in [0, 0.1) is 0 Å². The molecule has 1 unspecified atom stereocenters. The quantitative estimate of drug-likeness (QED) is 0.813. The highest BCUT2D eigenvalue weighted by Crippen LogP contribution is 2.31. The van der Waals surface area contributed by atoms with Crippen LogP contribution < -0.4 is 14.8 Å². The Hall–Kier alpha value is -1.56. The van der Waals surface area contributed by atoms with Gasteiger partial charge in [-0.25, -0.2) is 4.98 Å².